The second kappa shape index (κ2) is 9.80. The van der Waals surface area contributed by atoms with Gasteiger partial charge in [0, 0.05) is 23.9 Å². The summed E-state index contributed by atoms with van der Waals surface area (Å²) in [5.41, 5.74) is 8.24. The molecule has 30 heavy (non-hydrogen) atoms. The summed E-state index contributed by atoms with van der Waals surface area (Å²) in [5, 5.41) is 14.5. The van der Waals surface area contributed by atoms with Gasteiger partial charge < -0.3 is 15.2 Å². The largest absolute Gasteiger partial charge is 0.374 e. The highest BCUT2D eigenvalue weighted by molar-refractivity contribution is 5.80. The molecule has 0 saturated heterocycles. The maximum atomic E-state index is 10.8. The quantitative estimate of drug-likeness (QED) is 0.472. The first-order valence-corrected chi connectivity index (χ1v) is 11.2. The zero-order valence-electron chi connectivity index (χ0n) is 19.3. The minimum Gasteiger partial charge on any atom is -0.374 e. The number of nitrogens with one attached hydrogen (secondary N) is 1. The first-order valence-electron chi connectivity index (χ1n) is 11.2. The maximum Gasteiger partial charge on any atom is 0.181 e. The van der Waals surface area contributed by atoms with Crippen LogP contribution in [0.5, 0.6) is 0 Å². The summed E-state index contributed by atoms with van der Waals surface area (Å²) in [6, 6.07) is 13.0. The van der Waals surface area contributed by atoms with Crippen molar-refractivity contribution in [2.45, 2.75) is 66.2 Å². The molecular formula is C27H37NO2. The third-order valence-electron chi connectivity index (χ3n) is 6.09. The molecule has 0 bridgehead atoms. The van der Waals surface area contributed by atoms with E-state index in [1.54, 1.807) is 7.11 Å². The molecule has 162 valence electrons. The van der Waals surface area contributed by atoms with Gasteiger partial charge >= 0.3 is 0 Å². The molecule has 3 heteroatoms. The molecule has 3 nitrogen and oxygen atoms in total. The highest BCUT2D eigenvalue weighted by Crippen LogP contribution is 2.41. The molecule has 0 fully saturated rings. The van der Waals surface area contributed by atoms with E-state index in [9.17, 15) is 5.11 Å². The summed E-state index contributed by atoms with van der Waals surface area (Å²) in [5.74, 6) is 1.13. The predicted molar refractivity (Wildman–Crippen MR) is 127 cm³/mol. The molecular weight excluding hydrogens is 370 g/mol. The molecule has 0 amide bonds. The van der Waals surface area contributed by atoms with Crippen molar-refractivity contribution in [3.05, 3.63) is 70.3 Å². The molecule has 0 saturated carbocycles. The van der Waals surface area contributed by atoms with Crippen LogP contribution >= 0.6 is 0 Å². The van der Waals surface area contributed by atoms with E-state index in [0.29, 0.717) is 11.8 Å². The summed E-state index contributed by atoms with van der Waals surface area (Å²) in [7, 11) is 1.57. The fourth-order valence-corrected chi connectivity index (χ4v) is 4.44. The SMILES string of the molecule is CCC(C)CC1=CC(c2cc(C)cc(CC(C)C)c2C(O)OC)Nc2ccccc21. The summed E-state index contributed by atoms with van der Waals surface area (Å²) >= 11 is 0. The summed E-state index contributed by atoms with van der Waals surface area (Å²) in [4.78, 5) is 0. The Balaban J connectivity index is 2.14. The number of aliphatic hydroxyl groups excluding tert-OH is 1. The van der Waals surface area contributed by atoms with Crippen molar-refractivity contribution < 1.29 is 9.84 Å². The Bertz CT molecular complexity index is 900. The minimum atomic E-state index is -0.931. The van der Waals surface area contributed by atoms with E-state index in [-0.39, 0.29) is 6.04 Å². The fourth-order valence-electron chi connectivity index (χ4n) is 4.44. The molecule has 1 aliphatic heterocycles. The number of hydrogen-bond acceptors (Lipinski definition) is 3. The van der Waals surface area contributed by atoms with Gasteiger partial charge in [-0.2, -0.15) is 0 Å². The lowest BCUT2D eigenvalue weighted by Gasteiger charge is -2.31. The Morgan fingerprint density at radius 3 is 2.50 bits per heavy atom. The van der Waals surface area contributed by atoms with Crippen LogP contribution in [0, 0.1) is 18.8 Å². The van der Waals surface area contributed by atoms with Crippen LogP contribution in [-0.2, 0) is 11.2 Å². The van der Waals surface area contributed by atoms with E-state index >= 15 is 0 Å². The molecule has 3 unspecified atom stereocenters. The second-order valence-electron chi connectivity index (χ2n) is 9.19. The minimum absolute atomic E-state index is 0.00423. The fraction of sp³-hybridized carbons (Fsp3) is 0.481. The Hall–Kier alpha value is -2.10. The van der Waals surface area contributed by atoms with E-state index in [0.717, 1.165) is 36.1 Å². The Morgan fingerprint density at radius 1 is 1.10 bits per heavy atom. The number of aliphatic hydroxyl groups is 1. The second-order valence-corrected chi connectivity index (χ2v) is 9.19. The van der Waals surface area contributed by atoms with E-state index < -0.39 is 6.29 Å². The monoisotopic (exact) mass is 407 g/mol. The van der Waals surface area contributed by atoms with Gasteiger partial charge in [-0.1, -0.05) is 76.1 Å². The molecule has 0 spiro atoms. The molecule has 1 aliphatic rings. The normalized spacial score (nSPS) is 17.9. The zero-order valence-corrected chi connectivity index (χ0v) is 19.3. The van der Waals surface area contributed by atoms with E-state index in [1.165, 1.54) is 22.3 Å². The molecule has 2 N–H and O–H groups in total. The smallest absolute Gasteiger partial charge is 0.181 e. The van der Waals surface area contributed by atoms with Crippen LogP contribution in [0.15, 0.2) is 42.5 Å². The number of anilines is 1. The lowest BCUT2D eigenvalue weighted by Crippen LogP contribution is -2.20. The average Bonchev–Trinajstić information content (AvgIpc) is 2.72. The van der Waals surface area contributed by atoms with Crippen LogP contribution in [0.4, 0.5) is 5.69 Å². The van der Waals surface area contributed by atoms with E-state index in [4.69, 9.17) is 4.74 Å². The number of hydrogen-bond donors (Lipinski definition) is 2. The zero-order chi connectivity index (χ0) is 21.8. The molecule has 0 aliphatic carbocycles. The number of aryl methyl sites for hydroxylation is 1. The highest BCUT2D eigenvalue weighted by atomic mass is 16.6. The number of ether oxygens (including phenoxy) is 1. The number of fused-ring (bicyclic) bond motifs is 1. The molecule has 0 aromatic heterocycles. The summed E-state index contributed by atoms with van der Waals surface area (Å²) in [6.07, 6.45) is 4.55. The first-order chi connectivity index (χ1) is 14.3. The molecule has 3 atom stereocenters. The molecule has 3 rings (SSSR count). The number of allylic oxidation sites excluding steroid dienone is 1. The van der Waals surface area contributed by atoms with Crippen molar-refractivity contribution in [2.75, 3.05) is 12.4 Å². The van der Waals surface area contributed by atoms with Gasteiger partial charge in [-0.05, 0) is 54.4 Å². The van der Waals surface area contributed by atoms with Crippen LogP contribution < -0.4 is 5.32 Å². The Morgan fingerprint density at radius 2 is 1.83 bits per heavy atom. The third kappa shape index (κ3) is 4.96. The summed E-state index contributed by atoms with van der Waals surface area (Å²) < 4.78 is 5.42. The van der Waals surface area contributed by atoms with Crippen LogP contribution in [-0.4, -0.2) is 12.2 Å². The number of methoxy groups -OCH3 is 1. The van der Waals surface area contributed by atoms with Crippen molar-refractivity contribution in [3.8, 4) is 0 Å². The molecule has 2 aromatic rings. The average molecular weight is 408 g/mol. The van der Waals surface area contributed by atoms with Gasteiger partial charge in [-0.15, -0.1) is 0 Å². The van der Waals surface area contributed by atoms with Crippen molar-refractivity contribution in [1.29, 1.82) is 0 Å². The number of para-hydroxylation sites is 1. The van der Waals surface area contributed by atoms with E-state index in [2.05, 4.69) is 82.4 Å². The highest BCUT2D eigenvalue weighted by Gasteiger charge is 2.26. The van der Waals surface area contributed by atoms with Crippen LogP contribution in [0.2, 0.25) is 0 Å². The maximum absolute atomic E-state index is 10.8. The van der Waals surface area contributed by atoms with Gasteiger partial charge in [0.15, 0.2) is 6.29 Å². The number of benzene rings is 2. The van der Waals surface area contributed by atoms with Crippen LogP contribution in [0.1, 0.15) is 80.7 Å². The Kier molecular flexibility index (Phi) is 7.38. The van der Waals surface area contributed by atoms with Crippen molar-refractivity contribution in [3.63, 3.8) is 0 Å². The van der Waals surface area contributed by atoms with Crippen LogP contribution in [0.25, 0.3) is 5.57 Å². The predicted octanol–water partition coefficient (Wildman–Crippen LogP) is 6.82. The van der Waals surface area contributed by atoms with Gasteiger partial charge in [0.1, 0.15) is 0 Å². The molecule has 0 radical (unpaired) electrons. The number of rotatable bonds is 8. The summed E-state index contributed by atoms with van der Waals surface area (Å²) in [6.45, 7) is 11.1. The molecule has 1 heterocycles. The van der Waals surface area contributed by atoms with Gasteiger partial charge in [0.05, 0.1) is 6.04 Å². The van der Waals surface area contributed by atoms with Crippen LogP contribution in [0.3, 0.4) is 0 Å². The lowest BCUT2D eigenvalue weighted by molar-refractivity contribution is -0.0781. The van der Waals surface area contributed by atoms with Gasteiger partial charge in [-0.3, -0.25) is 0 Å². The van der Waals surface area contributed by atoms with E-state index in [1.807, 2.05) is 0 Å². The standard InChI is InChI=1S/C27H37NO2/c1-7-18(4)13-20-16-25(28-24-11-9-8-10-22(20)24)23-15-19(5)14-21(12-17(2)3)26(23)27(29)30-6/h8-11,14-18,25,27-29H,7,12-13H2,1-6H3. The van der Waals surface area contributed by atoms with Gasteiger partial charge in [0.25, 0.3) is 0 Å². The first kappa shape index (κ1) is 22.6. The Labute approximate surface area is 182 Å². The topological polar surface area (TPSA) is 41.5 Å². The lowest BCUT2D eigenvalue weighted by atomic mass is 9.84. The van der Waals surface area contributed by atoms with Crippen molar-refractivity contribution >= 4 is 11.3 Å². The van der Waals surface area contributed by atoms with Crippen molar-refractivity contribution in [1.82, 2.24) is 0 Å². The van der Waals surface area contributed by atoms with Crippen molar-refractivity contribution in [2.24, 2.45) is 11.8 Å². The molecule has 2 aromatic carbocycles. The van der Waals surface area contributed by atoms with Gasteiger partial charge in [0.2, 0.25) is 0 Å². The third-order valence-corrected chi connectivity index (χ3v) is 6.09. The van der Waals surface area contributed by atoms with Gasteiger partial charge in [-0.25, -0.2) is 0 Å².